The Hall–Kier alpha value is -1.32. The van der Waals surface area contributed by atoms with Gasteiger partial charge in [-0.3, -0.25) is 0 Å². The molecule has 0 aromatic carbocycles. The molecule has 0 aliphatic heterocycles. The van der Waals surface area contributed by atoms with Crippen LogP contribution >= 0.6 is 0 Å². The number of carboxylic acid groups (broad SMARTS) is 1. The fourth-order valence-electron chi connectivity index (χ4n) is 2.29. The molecule has 0 amide bonds. The summed E-state index contributed by atoms with van der Waals surface area (Å²) in [4.78, 5) is 10.8. The summed E-state index contributed by atoms with van der Waals surface area (Å²) in [6.07, 6.45) is 5.86. The molecular formula is C11H15NO3. The number of carbonyl (C=O) groups is 1. The van der Waals surface area contributed by atoms with E-state index in [0.29, 0.717) is 11.5 Å². The molecule has 1 aromatic heterocycles. The number of hydrogen-bond acceptors (Lipinski definition) is 3. The van der Waals surface area contributed by atoms with Crippen molar-refractivity contribution in [2.75, 3.05) is 0 Å². The highest BCUT2D eigenvalue weighted by Crippen LogP contribution is 2.34. The van der Waals surface area contributed by atoms with Crippen LogP contribution in [0.5, 0.6) is 0 Å². The summed E-state index contributed by atoms with van der Waals surface area (Å²) in [5.41, 5.74) is 0.768. The molecule has 4 nitrogen and oxygen atoms in total. The highest BCUT2D eigenvalue weighted by molar-refractivity contribution is 5.87. The SMILES string of the molecule is Cc1c(C(=O)O)noc1C1CCCCC1. The largest absolute Gasteiger partial charge is 0.476 e. The lowest BCUT2D eigenvalue weighted by Crippen LogP contribution is -2.05. The lowest BCUT2D eigenvalue weighted by Gasteiger charge is -2.19. The highest BCUT2D eigenvalue weighted by atomic mass is 16.5. The monoisotopic (exact) mass is 209 g/mol. The molecule has 0 radical (unpaired) electrons. The van der Waals surface area contributed by atoms with E-state index in [1.807, 2.05) is 0 Å². The lowest BCUT2D eigenvalue weighted by atomic mass is 9.86. The molecule has 1 fully saturated rings. The van der Waals surface area contributed by atoms with Gasteiger partial charge in [0.15, 0.2) is 5.69 Å². The molecule has 1 aromatic rings. The summed E-state index contributed by atoms with van der Waals surface area (Å²) in [5, 5.41) is 12.5. The fraction of sp³-hybridized carbons (Fsp3) is 0.636. The maximum atomic E-state index is 10.8. The Morgan fingerprint density at radius 2 is 2.07 bits per heavy atom. The number of aromatic carboxylic acids is 1. The number of carboxylic acids is 1. The molecule has 0 bridgehead atoms. The van der Waals surface area contributed by atoms with Crippen LogP contribution in [0, 0.1) is 6.92 Å². The summed E-state index contributed by atoms with van der Waals surface area (Å²) in [6.45, 7) is 1.78. The lowest BCUT2D eigenvalue weighted by molar-refractivity contribution is 0.0685. The van der Waals surface area contributed by atoms with E-state index in [1.165, 1.54) is 19.3 Å². The number of aromatic nitrogens is 1. The molecule has 1 saturated carbocycles. The third kappa shape index (κ3) is 1.89. The highest BCUT2D eigenvalue weighted by Gasteiger charge is 2.25. The third-order valence-corrected chi connectivity index (χ3v) is 3.14. The fourth-order valence-corrected chi connectivity index (χ4v) is 2.29. The summed E-state index contributed by atoms with van der Waals surface area (Å²) in [5.74, 6) is 0.157. The van der Waals surface area contributed by atoms with E-state index in [0.717, 1.165) is 18.6 Å². The summed E-state index contributed by atoms with van der Waals surface area (Å²) < 4.78 is 5.17. The van der Waals surface area contributed by atoms with E-state index in [1.54, 1.807) is 6.92 Å². The Labute approximate surface area is 88.3 Å². The first-order valence-corrected chi connectivity index (χ1v) is 5.39. The van der Waals surface area contributed by atoms with E-state index in [4.69, 9.17) is 9.63 Å². The molecule has 1 N–H and O–H groups in total. The average molecular weight is 209 g/mol. The molecule has 0 unspecified atom stereocenters. The predicted octanol–water partition coefficient (Wildman–Crippen LogP) is 2.73. The minimum atomic E-state index is -1.00. The van der Waals surface area contributed by atoms with Gasteiger partial charge in [-0.05, 0) is 19.8 Å². The number of nitrogens with zero attached hydrogens (tertiary/aromatic N) is 1. The van der Waals surface area contributed by atoms with Crippen LogP contribution in [0.4, 0.5) is 0 Å². The molecule has 15 heavy (non-hydrogen) atoms. The van der Waals surface area contributed by atoms with Crippen LogP contribution < -0.4 is 0 Å². The van der Waals surface area contributed by atoms with Crippen LogP contribution in [0.25, 0.3) is 0 Å². The van der Waals surface area contributed by atoms with Crippen LogP contribution in [0.3, 0.4) is 0 Å². The standard InChI is InChI=1S/C11H15NO3/c1-7-9(11(13)14)12-15-10(7)8-5-3-2-4-6-8/h8H,2-6H2,1H3,(H,13,14). The van der Waals surface area contributed by atoms with E-state index < -0.39 is 5.97 Å². The second-order valence-electron chi connectivity index (χ2n) is 4.16. The van der Waals surface area contributed by atoms with Crippen LogP contribution in [0.1, 0.15) is 59.8 Å². The molecule has 0 saturated heterocycles. The van der Waals surface area contributed by atoms with Crippen molar-refractivity contribution in [3.8, 4) is 0 Å². The molecular weight excluding hydrogens is 194 g/mol. The van der Waals surface area contributed by atoms with Gasteiger partial charge in [0.05, 0.1) is 0 Å². The normalized spacial score (nSPS) is 17.9. The van der Waals surface area contributed by atoms with Gasteiger partial charge in [0.25, 0.3) is 0 Å². The molecule has 2 rings (SSSR count). The molecule has 1 aliphatic rings. The Morgan fingerprint density at radius 3 is 2.60 bits per heavy atom. The first-order valence-electron chi connectivity index (χ1n) is 5.39. The van der Waals surface area contributed by atoms with Gasteiger partial charge >= 0.3 is 5.97 Å². The first kappa shape index (κ1) is 10.2. The van der Waals surface area contributed by atoms with Gasteiger partial charge in [-0.25, -0.2) is 4.79 Å². The van der Waals surface area contributed by atoms with E-state index >= 15 is 0 Å². The number of rotatable bonds is 2. The van der Waals surface area contributed by atoms with Crippen LogP contribution in [-0.4, -0.2) is 16.2 Å². The Morgan fingerprint density at radius 1 is 1.40 bits per heavy atom. The second-order valence-corrected chi connectivity index (χ2v) is 4.16. The zero-order chi connectivity index (χ0) is 10.8. The molecule has 1 aliphatic carbocycles. The van der Waals surface area contributed by atoms with E-state index in [9.17, 15) is 4.79 Å². The van der Waals surface area contributed by atoms with Crippen molar-refractivity contribution in [2.24, 2.45) is 0 Å². The summed E-state index contributed by atoms with van der Waals surface area (Å²) in [6, 6.07) is 0. The van der Waals surface area contributed by atoms with Crippen molar-refractivity contribution in [3.63, 3.8) is 0 Å². The zero-order valence-corrected chi connectivity index (χ0v) is 8.82. The van der Waals surface area contributed by atoms with Crippen molar-refractivity contribution >= 4 is 5.97 Å². The Bertz CT molecular complexity index is 364. The van der Waals surface area contributed by atoms with Crippen molar-refractivity contribution in [1.82, 2.24) is 5.16 Å². The average Bonchev–Trinajstić information content (AvgIpc) is 2.61. The van der Waals surface area contributed by atoms with Gasteiger partial charge in [-0.1, -0.05) is 24.4 Å². The van der Waals surface area contributed by atoms with E-state index in [-0.39, 0.29) is 5.69 Å². The molecule has 82 valence electrons. The maximum absolute atomic E-state index is 10.8. The second kappa shape index (κ2) is 4.04. The quantitative estimate of drug-likeness (QED) is 0.813. The number of hydrogen-bond donors (Lipinski definition) is 1. The summed E-state index contributed by atoms with van der Waals surface area (Å²) in [7, 11) is 0. The van der Waals surface area contributed by atoms with Crippen molar-refractivity contribution < 1.29 is 14.4 Å². The smallest absolute Gasteiger partial charge is 0.358 e. The first-order chi connectivity index (χ1) is 7.20. The Balaban J connectivity index is 2.24. The van der Waals surface area contributed by atoms with Crippen molar-refractivity contribution in [2.45, 2.75) is 44.9 Å². The van der Waals surface area contributed by atoms with Crippen LogP contribution in [-0.2, 0) is 0 Å². The molecule has 0 atom stereocenters. The van der Waals surface area contributed by atoms with Gasteiger partial charge < -0.3 is 9.63 Å². The van der Waals surface area contributed by atoms with Gasteiger partial charge in [-0.2, -0.15) is 0 Å². The predicted molar refractivity (Wildman–Crippen MR) is 54.0 cm³/mol. The van der Waals surface area contributed by atoms with E-state index in [2.05, 4.69) is 5.16 Å². The topological polar surface area (TPSA) is 63.3 Å². The zero-order valence-electron chi connectivity index (χ0n) is 8.82. The molecule has 1 heterocycles. The maximum Gasteiger partial charge on any atom is 0.358 e. The molecule has 0 spiro atoms. The summed E-state index contributed by atoms with van der Waals surface area (Å²) >= 11 is 0. The third-order valence-electron chi connectivity index (χ3n) is 3.14. The Kier molecular flexibility index (Phi) is 2.75. The van der Waals surface area contributed by atoms with Crippen molar-refractivity contribution in [1.29, 1.82) is 0 Å². The van der Waals surface area contributed by atoms with Crippen LogP contribution in [0.15, 0.2) is 4.52 Å². The van der Waals surface area contributed by atoms with Gasteiger partial charge in [0.2, 0.25) is 0 Å². The minimum absolute atomic E-state index is 0.0653. The van der Waals surface area contributed by atoms with Gasteiger partial charge in [-0.15, -0.1) is 0 Å². The van der Waals surface area contributed by atoms with Gasteiger partial charge in [0, 0.05) is 11.5 Å². The van der Waals surface area contributed by atoms with Gasteiger partial charge in [0.1, 0.15) is 5.76 Å². The minimum Gasteiger partial charge on any atom is -0.476 e. The van der Waals surface area contributed by atoms with Crippen molar-refractivity contribution in [3.05, 3.63) is 17.0 Å². The molecule has 4 heteroatoms. The van der Waals surface area contributed by atoms with Crippen LogP contribution in [0.2, 0.25) is 0 Å².